The van der Waals surface area contributed by atoms with E-state index in [4.69, 9.17) is 11.2 Å². The Hall–Kier alpha value is 0.117. The molecule has 0 aromatic carbocycles. The van der Waals surface area contributed by atoms with Gasteiger partial charge in [-0.15, -0.1) is 0 Å². The second-order valence-corrected chi connectivity index (χ2v) is 3.65. The van der Waals surface area contributed by atoms with Gasteiger partial charge in [-0.05, 0) is 27.2 Å². The monoisotopic (exact) mass is 160 g/mol. The van der Waals surface area contributed by atoms with Crippen molar-refractivity contribution in [3.8, 4) is 5.92 Å². The molecule has 0 aliphatic heterocycles. The van der Waals surface area contributed by atoms with Crippen LogP contribution < -0.4 is 18.9 Å². The van der Waals surface area contributed by atoms with Gasteiger partial charge in [-0.25, -0.2) is 0 Å². The smallest absolute Gasteiger partial charge is 0.691 e. The Morgan fingerprint density at radius 3 is 2.17 bits per heavy atom. The first-order chi connectivity index (χ1) is 4.99. The minimum Gasteiger partial charge on any atom is -0.691 e. The molecule has 1 nitrogen and oxygen atoms in total. The second-order valence-electron chi connectivity index (χ2n) is 3.65. The van der Waals surface area contributed by atoms with Crippen LogP contribution in [0.5, 0.6) is 0 Å². The predicted molar refractivity (Wildman–Crippen MR) is 46.7 cm³/mol. The molecule has 0 aromatic rings. The van der Waals surface area contributed by atoms with E-state index in [-0.39, 0.29) is 30.6 Å². The second kappa shape index (κ2) is 6.61. The number of rotatable bonds is 3. The van der Waals surface area contributed by atoms with Gasteiger partial charge < -0.3 is 17.1 Å². The summed E-state index contributed by atoms with van der Waals surface area (Å²) in [5.41, 5.74) is -0.159. The Morgan fingerprint density at radius 2 is 1.92 bits per heavy atom. The number of ether oxygens (including phenoxy) is 1. The van der Waals surface area contributed by atoms with E-state index in [2.05, 4.69) is 12.8 Å². The zero-order chi connectivity index (χ0) is 8.91. The fourth-order valence-electron chi connectivity index (χ4n) is 0.850. The maximum absolute atomic E-state index is 6.97. The minimum atomic E-state index is -0.159. The van der Waals surface area contributed by atoms with Gasteiger partial charge in [0.25, 0.3) is 0 Å². The average molecular weight is 160 g/mol. The molecule has 0 aromatic heterocycles. The summed E-state index contributed by atoms with van der Waals surface area (Å²) in [5, 5.41) is 0. The molecule has 0 saturated heterocycles. The quantitative estimate of drug-likeness (QED) is 0.309. The molecule has 0 saturated carbocycles. The summed E-state index contributed by atoms with van der Waals surface area (Å²) in [6.07, 6.45) is 8.77. The van der Waals surface area contributed by atoms with Crippen molar-refractivity contribution in [2.45, 2.75) is 52.2 Å². The van der Waals surface area contributed by atoms with Gasteiger partial charge in [0.2, 0.25) is 0 Å². The first-order valence-electron chi connectivity index (χ1n) is 4.09. The zero-order valence-electron chi connectivity index (χ0n) is 8.90. The molecule has 0 spiro atoms. The maximum Gasteiger partial charge on any atom is 1.00 e. The normalized spacial score (nSPS) is 12.9. The molecule has 0 aliphatic rings. The van der Waals surface area contributed by atoms with E-state index in [1.54, 1.807) is 0 Å². The van der Waals surface area contributed by atoms with Gasteiger partial charge in [-0.2, -0.15) is 0 Å². The Morgan fingerprint density at radius 1 is 1.42 bits per heavy atom. The van der Waals surface area contributed by atoms with E-state index >= 15 is 0 Å². The summed E-state index contributed by atoms with van der Waals surface area (Å²) in [4.78, 5) is 0. The molecule has 0 radical (unpaired) electrons. The van der Waals surface area contributed by atoms with Crippen molar-refractivity contribution in [2.24, 2.45) is 0 Å². The van der Waals surface area contributed by atoms with Gasteiger partial charge >= 0.3 is 18.9 Å². The molecule has 64 valence electrons. The Bertz CT molecular complexity index is 141. The molecule has 2 heteroatoms. The standard InChI is InChI=1S/C10H17O.Li/c1-6-8-9(7-2)11-10(3,4)5;/h9H,6,8H2,1,3-5H3;/q-1;+1. The SMILES string of the molecule is [C-]#CC(CCC)OC(C)(C)C.[Li+]. The van der Waals surface area contributed by atoms with Gasteiger partial charge in [-0.1, -0.05) is 13.3 Å². The first-order valence-corrected chi connectivity index (χ1v) is 4.09. The Balaban J connectivity index is 0. The fourth-order valence-corrected chi connectivity index (χ4v) is 0.850. The summed E-state index contributed by atoms with van der Waals surface area (Å²) in [5.74, 6) is 2.39. The first kappa shape index (κ1) is 14.6. The largest absolute Gasteiger partial charge is 1.00 e. The van der Waals surface area contributed by atoms with Gasteiger partial charge in [0.1, 0.15) is 0 Å². The topological polar surface area (TPSA) is 9.23 Å². The van der Waals surface area contributed by atoms with Crippen LogP contribution in [0.4, 0.5) is 0 Å². The minimum absolute atomic E-state index is 0. The van der Waals surface area contributed by atoms with Crippen LogP contribution in [0.1, 0.15) is 40.5 Å². The molecule has 0 N–H and O–H groups in total. The van der Waals surface area contributed by atoms with Crippen molar-refractivity contribution in [1.29, 1.82) is 0 Å². The Kier molecular flexibility index (Phi) is 8.06. The van der Waals surface area contributed by atoms with Gasteiger partial charge in [0.15, 0.2) is 0 Å². The van der Waals surface area contributed by atoms with E-state index in [9.17, 15) is 0 Å². The van der Waals surface area contributed by atoms with Crippen molar-refractivity contribution in [1.82, 2.24) is 0 Å². The predicted octanol–water partition coefficient (Wildman–Crippen LogP) is -0.436. The van der Waals surface area contributed by atoms with Crippen molar-refractivity contribution < 1.29 is 23.6 Å². The molecule has 1 atom stereocenters. The van der Waals surface area contributed by atoms with E-state index in [0.29, 0.717) is 0 Å². The summed E-state index contributed by atoms with van der Waals surface area (Å²) in [7, 11) is 0. The van der Waals surface area contributed by atoms with Crippen LogP contribution in [-0.2, 0) is 4.74 Å². The molecule has 12 heavy (non-hydrogen) atoms. The molecule has 0 heterocycles. The summed E-state index contributed by atoms with van der Waals surface area (Å²) in [6.45, 7) is 8.06. The van der Waals surface area contributed by atoms with Crippen LogP contribution in [0.25, 0.3) is 0 Å². The van der Waals surface area contributed by atoms with Gasteiger partial charge in [0.05, 0.1) is 11.7 Å². The van der Waals surface area contributed by atoms with Gasteiger partial charge in [-0.3, -0.25) is 0 Å². The molecule has 0 aliphatic carbocycles. The van der Waals surface area contributed by atoms with Crippen LogP contribution in [0, 0.1) is 12.3 Å². The van der Waals surface area contributed by atoms with Crippen LogP contribution in [-0.4, -0.2) is 11.7 Å². The van der Waals surface area contributed by atoms with Crippen LogP contribution in [0.15, 0.2) is 0 Å². The van der Waals surface area contributed by atoms with Gasteiger partial charge in [0, 0.05) is 0 Å². The number of hydrogen-bond acceptors (Lipinski definition) is 1. The van der Waals surface area contributed by atoms with E-state index in [1.807, 2.05) is 20.8 Å². The molecular weight excluding hydrogens is 143 g/mol. The average Bonchev–Trinajstić information content (AvgIpc) is 1.84. The van der Waals surface area contributed by atoms with E-state index < -0.39 is 0 Å². The summed E-state index contributed by atoms with van der Waals surface area (Å²) in [6, 6.07) is 0. The molecular formula is C10H17LiO. The van der Waals surface area contributed by atoms with Crippen LogP contribution >= 0.6 is 0 Å². The Labute approximate surface area is 88.4 Å². The third kappa shape index (κ3) is 8.22. The summed E-state index contributed by atoms with van der Waals surface area (Å²) < 4.78 is 5.53. The summed E-state index contributed by atoms with van der Waals surface area (Å²) >= 11 is 0. The van der Waals surface area contributed by atoms with Crippen molar-refractivity contribution in [3.05, 3.63) is 6.42 Å². The fraction of sp³-hybridized carbons (Fsp3) is 0.800. The molecule has 0 rings (SSSR count). The molecule has 0 bridgehead atoms. The third-order valence-corrected chi connectivity index (χ3v) is 1.21. The van der Waals surface area contributed by atoms with Crippen LogP contribution in [0.2, 0.25) is 0 Å². The van der Waals surface area contributed by atoms with E-state index in [1.165, 1.54) is 0 Å². The van der Waals surface area contributed by atoms with Crippen molar-refractivity contribution in [2.75, 3.05) is 0 Å². The molecule has 0 amide bonds. The van der Waals surface area contributed by atoms with Crippen LogP contribution in [0.3, 0.4) is 0 Å². The number of hydrogen-bond donors (Lipinski definition) is 0. The third-order valence-electron chi connectivity index (χ3n) is 1.21. The molecule has 0 fully saturated rings. The van der Waals surface area contributed by atoms with E-state index in [0.717, 1.165) is 12.8 Å². The van der Waals surface area contributed by atoms with Crippen molar-refractivity contribution in [3.63, 3.8) is 0 Å². The maximum atomic E-state index is 6.97. The van der Waals surface area contributed by atoms with Crippen molar-refractivity contribution >= 4 is 0 Å². The molecule has 1 unspecified atom stereocenters. The zero-order valence-corrected chi connectivity index (χ0v) is 8.90.